The highest BCUT2D eigenvalue weighted by atomic mass is 32.2. The van der Waals surface area contributed by atoms with Crippen LogP contribution >= 0.6 is 23.1 Å². The number of nitrogens with one attached hydrogen (secondary N) is 1. The third kappa shape index (κ3) is 6.21. The van der Waals surface area contributed by atoms with Crippen LogP contribution in [-0.2, 0) is 9.59 Å². The standard InChI is InChI=1S/C18H25N5O2S2/c1-5-23(6-2)15(24)11-22(4)16(25)12-26-18-21-20-17(27-18)19-14-10-8-7-9-13(14)3/h7-10H,5-6,11-12H2,1-4H3,(H,19,20). The Balaban J connectivity index is 1.84. The zero-order valence-corrected chi connectivity index (χ0v) is 17.7. The number of amides is 2. The number of hydrogen-bond donors (Lipinski definition) is 1. The van der Waals surface area contributed by atoms with Crippen LogP contribution < -0.4 is 5.32 Å². The summed E-state index contributed by atoms with van der Waals surface area (Å²) in [6.45, 7) is 7.26. The van der Waals surface area contributed by atoms with E-state index in [0.29, 0.717) is 22.6 Å². The van der Waals surface area contributed by atoms with Gasteiger partial charge >= 0.3 is 0 Å². The van der Waals surface area contributed by atoms with E-state index in [1.54, 1.807) is 11.9 Å². The van der Waals surface area contributed by atoms with Gasteiger partial charge in [-0.1, -0.05) is 41.3 Å². The van der Waals surface area contributed by atoms with Gasteiger partial charge in [-0.25, -0.2) is 0 Å². The number of para-hydroxylation sites is 1. The molecule has 1 heterocycles. The van der Waals surface area contributed by atoms with Crippen molar-refractivity contribution in [1.82, 2.24) is 20.0 Å². The van der Waals surface area contributed by atoms with Crippen LogP contribution in [0.5, 0.6) is 0 Å². The Hall–Kier alpha value is -2.13. The lowest BCUT2D eigenvalue weighted by Gasteiger charge is -2.23. The molecule has 0 aliphatic rings. The van der Waals surface area contributed by atoms with Gasteiger partial charge in [0.1, 0.15) is 0 Å². The summed E-state index contributed by atoms with van der Waals surface area (Å²) < 4.78 is 0.711. The molecule has 0 aliphatic carbocycles. The number of benzene rings is 1. The molecule has 2 aromatic rings. The van der Waals surface area contributed by atoms with Crippen molar-refractivity contribution in [3.05, 3.63) is 29.8 Å². The molecule has 1 N–H and O–H groups in total. The van der Waals surface area contributed by atoms with Gasteiger partial charge in [-0.2, -0.15) is 0 Å². The molecule has 0 unspecified atom stereocenters. The zero-order chi connectivity index (χ0) is 19.8. The van der Waals surface area contributed by atoms with Crippen molar-refractivity contribution in [3.63, 3.8) is 0 Å². The van der Waals surface area contributed by atoms with Crippen molar-refractivity contribution in [2.45, 2.75) is 25.1 Å². The highest BCUT2D eigenvalue weighted by Crippen LogP contribution is 2.28. The molecule has 0 atom stereocenters. The van der Waals surface area contributed by atoms with E-state index < -0.39 is 0 Å². The molecular formula is C18H25N5O2S2. The molecule has 27 heavy (non-hydrogen) atoms. The summed E-state index contributed by atoms with van der Waals surface area (Å²) >= 11 is 2.73. The van der Waals surface area contributed by atoms with Crippen LogP contribution in [0.25, 0.3) is 0 Å². The van der Waals surface area contributed by atoms with Crippen molar-refractivity contribution in [2.75, 3.05) is 37.8 Å². The highest BCUT2D eigenvalue weighted by molar-refractivity contribution is 8.01. The van der Waals surface area contributed by atoms with E-state index in [-0.39, 0.29) is 24.1 Å². The van der Waals surface area contributed by atoms with Crippen molar-refractivity contribution in [1.29, 1.82) is 0 Å². The number of nitrogens with zero attached hydrogens (tertiary/aromatic N) is 4. The average Bonchev–Trinajstić information content (AvgIpc) is 3.10. The molecule has 146 valence electrons. The predicted octanol–water partition coefficient (Wildman–Crippen LogP) is 3.01. The van der Waals surface area contributed by atoms with Crippen LogP contribution in [0.1, 0.15) is 19.4 Å². The van der Waals surface area contributed by atoms with Gasteiger partial charge in [0.25, 0.3) is 0 Å². The number of rotatable bonds is 9. The monoisotopic (exact) mass is 407 g/mol. The van der Waals surface area contributed by atoms with Gasteiger partial charge in [0.2, 0.25) is 16.9 Å². The molecular weight excluding hydrogens is 382 g/mol. The highest BCUT2D eigenvalue weighted by Gasteiger charge is 2.17. The maximum Gasteiger partial charge on any atom is 0.242 e. The summed E-state index contributed by atoms with van der Waals surface area (Å²) in [5, 5.41) is 12.2. The smallest absolute Gasteiger partial charge is 0.242 e. The largest absolute Gasteiger partial charge is 0.342 e. The summed E-state index contributed by atoms with van der Waals surface area (Å²) in [6.07, 6.45) is 0. The van der Waals surface area contributed by atoms with Crippen molar-refractivity contribution in [2.24, 2.45) is 0 Å². The van der Waals surface area contributed by atoms with E-state index in [9.17, 15) is 9.59 Å². The maximum absolute atomic E-state index is 12.3. The van der Waals surface area contributed by atoms with E-state index in [1.165, 1.54) is 28.0 Å². The minimum atomic E-state index is -0.107. The Morgan fingerprint density at radius 3 is 2.52 bits per heavy atom. The Labute approximate surface area is 168 Å². The lowest BCUT2D eigenvalue weighted by molar-refractivity contribution is -0.137. The van der Waals surface area contributed by atoms with Gasteiger partial charge in [0.05, 0.1) is 12.3 Å². The third-order valence-electron chi connectivity index (χ3n) is 4.03. The summed E-state index contributed by atoms with van der Waals surface area (Å²) in [7, 11) is 1.65. The Morgan fingerprint density at radius 1 is 1.15 bits per heavy atom. The second-order valence-electron chi connectivity index (χ2n) is 5.92. The maximum atomic E-state index is 12.3. The minimum Gasteiger partial charge on any atom is -0.342 e. The van der Waals surface area contributed by atoms with Gasteiger partial charge in [0.15, 0.2) is 4.34 Å². The van der Waals surface area contributed by atoms with Crippen molar-refractivity contribution >= 4 is 45.7 Å². The summed E-state index contributed by atoms with van der Waals surface area (Å²) in [6, 6.07) is 7.94. The average molecular weight is 408 g/mol. The first kappa shape index (κ1) is 21.2. The van der Waals surface area contributed by atoms with Gasteiger partial charge in [-0.3, -0.25) is 9.59 Å². The van der Waals surface area contributed by atoms with Crippen molar-refractivity contribution in [3.8, 4) is 0 Å². The van der Waals surface area contributed by atoms with Crippen LogP contribution in [0.2, 0.25) is 0 Å². The number of likely N-dealkylation sites (N-methyl/N-ethyl adjacent to an activating group) is 2. The number of hydrogen-bond acceptors (Lipinski definition) is 7. The quantitative estimate of drug-likeness (QED) is 0.644. The molecule has 0 saturated carbocycles. The molecule has 0 saturated heterocycles. The van der Waals surface area contributed by atoms with Crippen LogP contribution in [0.3, 0.4) is 0 Å². The first-order valence-corrected chi connectivity index (χ1v) is 10.6. The van der Waals surface area contributed by atoms with Crippen LogP contribution in [0, 0.1) is 6.92 Å². The van der Waals surface area contributed by atoms with Crippen LogP contribution in [-0.4, -0.2) is 64.2 Å². The fourth-order valence-corrected chi connectivity index (χ4v) is 4.05. The number of carbonyl (C=O) groups is 2. The first-order chi connectivity index (χ1) is 12.9. The Bertz CT molecular complexity index is 777. The fourth-order valence-electron chi connectivity index (χ4n) is 2.35. The summed E-state index contributed by atoms with van der Waals surface area (Å²) in [4.78, 5) is 27.5. The van der Waals surface area contributed by atoms with Gasteiger partial charge < -0.3 is 15.1 Å². The fraction of sp³-hybridized carbons (Fsp3) is 0.444. The molecule has 0 bridgehead atoms. The van der Waals surface area contributed by atoms with Gasteiger partial charge in [-0.15, -0.1) is 10.2 Å². The van der Waals surface area contributed by atoms with E-state index in [1.807, 2.05) is 45.0 Å². The summed E-state index contributed by atoms with van der Waals surface area (Å²) in [5.74, 6) is 0.0757. The number of anilines is 2. The Morgan fingerprint density at radius 2 is 1.85 bits per heavy atom. The molecule has 0 radical (unpaired) electrons. The number of aromatic nitrogens is 2. The molecule has 0 aliphatic heterocycles. The molecule has 9 heteroatoms. The predicted molar refractivity (Wildman–Crippen MR) is 111 cm³/mol. The number of thioether (sulfide) groups is 1. The van der Waals surface area contributed by atoms with Crippen LogP contribution in [0.4, 0.5) is 10.8 Å². The van der Waals surface area contributed by atoms with E-state index in [0.717, 1.165) is 11.3 Å². The second-order valence-corrected chi connectivity index (χ2v) is 8.12. The molecule has 1 aromatic carbocycles. The second kappa shape index (κ2) is 10.3. The summed E-state index contributed by atoms with van der Waals surface area (Å²) in [5.41, 5.74) is 2.10. The molecule has 2 amide bonds. The molecule has 2 rings (SSSR count). The Kier molecular flexibility index (Phi) is 8.05. The van der Waals surface area contributed by atoms with Crippen molar-refractivity contribution < 1.29 is 9.59 Å². The molecule has 0 fully saturated rings. The normalized spacial score (nSPS) is 10.5. The lowest BCUT2D eigenvalue weighted by atomic mass is 10.2. The SMILES string of the molecule is CCN(CC)C(=O)CN(C)C(=O)CSc1nnc(Nc2ccccc2C)s1. The number of aryl methyl sites for hydroxylation is 1. The molecule has 0 spiro atoms. The van der Waals surface area contributed by atoms with E-state index in [4.69, 9.17) is 0 Å². The zero-order valence-electron chi connectivity index (χ0n) is 16.1. The van der Waals surface area contributed by atoms with Gasteiger partial charge in [0, 0.05) is 25.8 Å². The molecule has 7 nitrogen and oxygen atoms in total. The van der Waals surface area contributed by atoms with E-state index >= 15 is 0 Å². The lowest BCUT2D eigenvalue weighted by Crippen LogP contribution is -2.41. The third-order valence-corrected chi connectivity index (χ3v) is 5.98. The topological polar surface area (TPSA) is 78.4 Å². The number of carbonyl (C=O) groups excluding carboxylic acids is 2. The first-order valence-electron chi connectivity index (χ1n) is 8.75. The molecule has 1 aromatic heterocycles. The van der Waals surface area contributed by atoms with Gasteiger partial charge in [-0.05, 0) is 32.4 Å². The van der Waals surface area contributed by atoms with Crippen LogP contribution in [0.15, 0.2) is 28.6 Å². The van der Waals surface area contributed by atoms with E-state index in [2.05, 4.69) is 15.5 Å². The minimum absolute atomic E-state index is 0.0403.